The highest BCUT2D eigenvalue weighted by molar-refractivity contribution is 7.18. The van der Waals surface area contributed by atoms with E-state index in [0.717, 1.165) is 49.9 Å². The number of piperidine rings is 1. The molecule has 2 aromatic carbocycles. The number of thiazole rings is 1. The lowest BCUT2D eigenvalue weighted by Crippen LogP contribution is -2.39. The van der Waals surface area contributed by atoms with Crippen molar-refractivity contribution >= 4 is 27.5 Å². The molecule has 1 amide bonds. The zero-order valence-electron chi connectivity index (χ0n) is 14.8. The molecule has 132 valence electrons. The van der Waals surface area contributed by atoms with Gasteiger partial charge in [0.05, 0.1) is 15.2 Å². The van der Waals surface area contributed by atoms with Crippen LogP contribution in [0.2, 0.25) is 0 Å². The third-order valence-corrected chi connectivity index (χ3v) is 6.91. The molecule has 1 atom stereocenters. The maximum Gasteiger partial charge on any atom is 0.253 e. The molecule has 3 aromatic rings. The van der Waals surface area contributed by atoms with Crippen molar-refractivity contribution in [3.05, 3.63) is 64.2 Å². The molecule has 1 fully saturated rings. The maximum atomic E-state index is 13.1. The largest absolute Gasteiger partial charge is 0.338 e. The third kappa shape index (κ3) is 2.82. The van der Waals surface area contributed by atoms with Crippen LogP contribution in [0.25, 0.3) is 10.2 Å². The minimum atomic E-state index is 0.186. The monoisotopic (exact) mass is 362 g/mol. The number of nitrogens with zero attached hydrogens (tertiary/aromatic N) is 2. The van der Waals surface area contributed by atoms with Gasteiger partial charge in [0, 0.05) is 24.6 Å². The lowest BCUT2D eigenvalue weighted by Gasteiger charge is -2.32. The van der Waals surface area contributed by atoms with E-state index < -0.39 is 0 Å². The van der Waals surface area contributed by atoms with E-state index in [1.54, 1.807) is 11.3 Å². The van der Waals surface area contributed by atoms with E-state index in [4.69, 9.17) is 4.98 Å². The maximum absolute atomic E-state index is 13.1. The van der Waals surface area contributed by atoms with Crippen LogP contribution in [0, 0.1) is 0 Å². The Morgan fingerprint density at radius 1 is 1.08 bits per heavy atom. The summed E-state index contributed by atoms with van der Waals surface area (Å²) >= 11 is 1.78. The lowest BCUT2D eigenvalue weighted by molar-refractivity contribution is 0.0707. The quantitative estimate of drug-likeness (QED) is 0.656. The topological polar surface area (TPSA) is 33.2 Å². The van der Waals surface area contributed by atoms with E-state index in [2.05, 4.69) is 30.3 Å². The summed E-state index contributed by atoms with van der Waals surface area (Å²) in [7, 11) is 0. The van der Waals surface area contributed by atoms with Crippen LogP contribution >= 0.6 is 11.3 Å². The number of aryl methyl sites for hydroxylation is 2. The van der Waals surface area contributed by atoms with Crippen LogP contribution in [-0.4, -0.2) is 28.9 Å². The van der Waals surface area contributed by atoms with Gasteiger partial charge in [-0.2, -0.15) is 0 Å². The molecule has 0 bridgehead atoms. The second-order valence-corrected chi connectivity index (χ2v) is 8.51. The Bertz CT molecular complexity index is 944. The molecule has 1 aliphatic carbocycles. The number of carbonyl (C=O) groups is 1. The molecule has 4 heteroatoms. The van der Waals surface area contributed by atoms with E-state index in [1.165, 1.54) is 27.3 Å². The summed E-state index contributed by atoms with van der Waals surface area (Å²) in [5, 5.41) is 1.18. The van der Waals surface area contributed by atoms with Crippen molar-refractivity contribution in [3.63, 3.8) is 0 Å². The van der Waals surface area contributed by atoms with Crippen molar-refractivity contribution in [1.82, 2.24) is 9.88 Å². The molecule has 26 heavy (non-hydrogen) atoms. The fraction of sp³-hybridized carbons (Fsp3) is 0.364. The fourth-order valence-corrected chi connectivity index (χ4v) is 5.41. The summed E-state index contributed by atoms with van der Waals surface area (Å²) in [5.74, 6) is 0.546. The fourth-order valence-electron chi connectivity index (χ4n) is 4.32. The van der Waals surface area contributed by atoms with Crippen LogP contribution in [0.5, 0.6) is 0 Å². The molecule has 0 unspecified atom stereocenters. The zero-order valence-corrected chi connectivity index (χ0v) is 15.6. The number of fused-ring (bicyclic) bond motifs is 2. The molecule has 1 aromatic heterocycles. The molecule has 5 rings (SSSR count). The van der Waals surface area contributed by atoms with Gasteiger partial charge in [-0.05, 0) is 67.5 Å². The smallest absolute Gasteiger partial charge is 0.253 e. The van der Waals surface area contributed by atoms with Gasteiger partial charge in [0.2, 0.25) is 0 Å². The average molecular weight is 362 g/mol. The van der Waals surface area contributed by atoms with Crippen molar-refractivity contribution in [2.75, 3.05) is 13.1 Å². The molecular weight excluding hydrogens is 340 g/mol. The van der Waals surface area contributed by atoms with Gasteiger partial charge in [0.1, 0.15) is 0 Å². The zero-order chi connectivity index (χ0) is 17.5. The Balaban J connectivity index is 1.37. The second kappa shape index (κ2) is 6.51. The predicted molar refractivity (Wildman–Crippen MR) is 106 cm³/mol. The van der Waals surface area contributed by atoms with Crippen molar-refractivity contribution in [1.29, 1.82) is 0 Å². The van der Waals surface area contributed by atoms with Gasteiger partial charge in [0.25, 0.3) is 5.91 Å². The van der Waals surface area contributed by atoms with Gasteiger partial charge < -0.3 is 4.90 Å². The van der Waals surface area contributed by atoms with Crippen LogP contribution < -0.4 is 0 Å². The highest BCUT2D eigenvalue weighted by Gasteiger charge is 2.28. The van der Waals surface area contributed by atoms with Crippen molar-refractivity contribution in [2.24, 2.45) is 0 Å². The van der Waals surface area contributed by atoms with E-state index in [1.807, 2.05) is 17.0 Å². The molecule has 0 radical (unpaired) electrons. The van der Waals surface area contributed by atoms with E-state index in [-0.39, 0.29) is 5.91 Å². The number of rotatable bonds is 2. The van der Waals surface area contributed by atoms with Gasteiger partial charge in [0.15, 0.2) is 0 Å². The lowest BCUT2D eigenvalue weighted by atomic mass is 9.97. The summed E-state index contributed by atoms with van der Waals surface area (Å²) < 4.78 is 1.24. The highest BCUT2D eigenvalue weighted by atomic mass is 32.1. The minimum Gasteiger partial charge on any atom is -0.338 e. The number of likely N-dealkylation sites (tertiary alicyclic amines) is 1. The first-order valence-electron chi connectivity index (χ1n) is 9.54. The Morgan fingerprint density at radius 2 is 1.96 bits per heavy atom. The van der Waals surface area contributed by atoms with E-state index in [9.17, 15) is 4.79 Å². The molecule has 0 N–H and O–H groups in total. The van der Waals surface area contributed by atoms with Crippen LogP contribution in [0.1, 0.15) is 51.7 Å². The summed E-state index contributed by atoms with van der Waals surface area (Å²) in [6, 6.07) is 14.6. The van der Waals surface area contributed by atoms with Gasteiger partial charge in [-0.1, -0.05) is 18.2 Å². The van der Waals surface area contributed by atoms with Gasteiger partial charge in [-0.3, -0.25) is 4.79 Å². The molecule has 2 aliphatic rings. The molecule has 0 spiro atoms. The van der Waals surface area contributed by atoms with Crippen LogP contribution in [0.15, 0.2) is 42.5 Å². The van der Waals surface area contributed by atoms with Crippen LogP contribution in [0.4, 0.5) is 0 Å². The number of carbonyl (C=O) groups excluding carboxylic acids is 1. The molecular formula is C22H22N2OS. The SMILES string of the molecule is O=C(c1ccc2c(c1)CCC2)N1CCC[C@@H](c2nc3ccccc3s2)C1. The molecule has 3 nitrogen and oxygen atoms in total. The van der Waals surface area contributed by atoms with Crippen molar-refractivity contribution in [3.8, 4) is 0 Å². The predicted octanol–water partition coefficient (Wildman–Crippen LogP) is 4.80. The summed E-state index contributed by atoms with van der Waals surface area (Å²) in [4.78, 5) is 19.9. The van der Waals surface area contributed by atoms with E-state index in [0.29, 0.717) is 5.92 Å². The number of hydrogen-bond donors (Lipinski definition) is 0. The third-order valence-electron chi connectivity index (χ3n) is 5.71. The Morgan fingerprint density at radius 3 is 2.88 bits per heavy atom. The van der Waals surface area contributed by atoms with Crippen molar-refractivity contribution < 1.29 is 4.79 Å². The number of amides is 1. The number of aromatic nitrogens is 1. The summed E-state index contributed by atoms with van der Waals surface area (Å²) in [6.07, 6.45) is 5.67. The first kappa shape index (κ1) is 16.0. The first-order valence-corrected chi connectivity index (χ1v) is 10.4. The normalized spacial score (nSPS) is 19.7. The highest BCUT2D eigenvalue weighted by Crippen LogP contribution is 2.33. The van der Waals surface area contributed by atoms with Gasteiger partial charge >= 0.3 is 0 Å². The molecule has 0 saturated carbocycles. The standard InChI is InChI=1S/C22H22N2OS/c25-22(17-11-10-15-5-3-6-16(15)13-17)24-12-4-7-18(14-24)21-23-19-8-1-2-9-20(19)26-21/h1-2,8-11,13,18H,3-7,12,14H2/t18-/m1/s1. The molecule has 2 heterocycles. The van der Waals surface area contributed by atoms with Gasteiger partial charge in [-0.15, -0.1) is 11.3 Å². The number of benzene rings is 2. The second-order valence-electron chi connectivity index (χ2n) is 7.45. The first-order chi connectivity index (χ1) is 12.8. The number of para-hydroxylation sites is 1. The van der Waals surface area contributed by atoms with Gasteiger partial charge in [-0.25, -0.2) is 4.98 Å². The van der Waals surface area contributed by atoms with E-state index >= 15 is 0 Å². The summed E-state index contributed by atoms with van der Waals surface area (Å²) in [5.41, 5.74) is 4.73. The van der Waals surface area contributed by atoms with Crippen molar-refractivity contribution in [2.45, 2.75) is 38.0 Å². The number of hydrogen-bond acceptors (Lipinski definition) is 3. The van der Waals surface area contributed by atoms with Crippen LogP contribution in [0.3, 0.4) is 0 Å². The average Bonchev–Trinajstić information content (AvgIpc) is 3.33. The Kier molecular flexibility index (Phi) is 4.01. The Hall–Kier alpha value is -2.20. The molecule has 1 aliphatic heterocycles. The minimum absolute atomic E-state index is 0.186. The molecule has 1 saturated heterocycles. The summed E-state index contributed by atoms with van der Waals surface area (Å²) in [6.45, 7) is 1.65. The van der Waals surface area contributed by atoms with Crippen LogP contribution in [-0.2, 0) is 12.8 Å². The Labute approximate surface area is 157 Å².